The summed E-state index contributed by atoms with van der Waals surface area (Å²) < 4.78 is 10.9. The average Bonchev–Trinajstić information content (AvgIpc) is 2.75. The van der Waals surface area contributed by atoms with Crippen LogP contribution >= 0.6 is 11.8 Å². The normalized spacial score (nSPS) is 13.1. The molecule has 0 bridgehead atoms. The van der Waals surface area contributed by atoms with Gasteiger partial charge in [-0.25, -0.2) is 4.98 Å². The van der Waals surface area contributed by atoms with E-state index in [-0.39, 0.29) is 17.5 Å². The highest BCUT2D eigenvalue weighted by atomic mass is 32.2. The molecule has 148 valence electrons. The SMILES string of the molecule is N#Cc1c(N)nc(SCc2cccnc2)c(C#N)c1-c1ccc(OC2COC2)cc1. The first-order chi connectivity index (χ1) is 14.7. The maximum Gasteiger partial charge on any atom is 0.145 e. The van der Waals surface area contributed by atoms with Gasteiger partial charge in [-0.05, 0) is 29.3 Å². The van der Waals surface area contributed by atoms with E-state index in [1.54, 1.807) is 12.4 Å². The quantitative estimate of drug-likeness (QED) is 0.607. The van der Waals surface area contributed by atoms with Crippen LogP contribution in [-0.4, -0.2) is 29.3 Å². The maximum atomic E-state index is 9.88. The van der Waals surface area contributed by atoms with E-state index in [1.807, 2.05) is 36.4 Å². The fourth-order valence-electron chi connectivity index (χ4n) is 3.00. The van der Waals surface area contributed by atoms with Crippen molar-refractivity contribution in [2.45, 2.75) is 16.9 Å². The monoisotopic (exact) mass is 415 g/mol. The van der Waals surface area contributed by atoms with Crippen LogP contribution in [0.3, 0.4) is 0 Å². The minimum absolute atomic E-state index is 0.0623. The minimum Gasteiger partial charge on any atom is -0.486 e. The molecule has 0 aliphatic carbocycles. The van der Waals surface area contributed by atoms with E-state index in [9.17, 15) is 10.5 Å². The van der Waals surface area contributed by atoms with Crippen LogP contribution in [0.1, 0.15) is 16.7 Å². The number of nitrogens with zero attached hydrogens (tertiary/aromatic N) is 4. The number of nitrogens with two attached hydrogens (primary N) is 1. The molecule has 7 nitrogen and oxygen atoms in total. The first-order valence-electron chi connectivity index (χ1n) is 9.19. The molecule has 2 N–H and O–H groups in total. The number of nitriles is 2. The number of hydrogen-bond donors (Lipinski definition) is 1. The van der Waals surface area contributed by atoms with Gasteiger partial charge in [0.2, 0.25) is 0 Å². The molecule has 0 spiro atoms. The Balaban J connectivity index is 1.69. The highest BCUT2D eigenvalue weighted by Crippen LogP contribution is 2.37. The summed E-state index contributed by atoms with van der Waals surface area (Å²) in [7, 11) is 0. The predicted molar refractivity (Wildman–Crippen MR) is 113 cm³/mol. The standard InChI is InChI=1S/C22H17N5O2S/c23-8-18-20(15-3-5-16(6-4-15)29-17-11-28-12-17)19(9-24)22(27-21(18)25)30-13-14-2-1-7-26-10-14/h1-7,10,17H,11-13H2,(H2,25,27). The lowest BCUT2D eigenvalue weighted by atomic mass is 9.97. The fraction of sp³-hybridized carbons (Fsp3) is 0.182. The van der Waals surface area contributed by atoms with Crippen LogP contribution in [0.5, 0.6) is 5.75 Å². The van der Waals surface area contributed by atoms with Gasteiger partial charge in [0.25, 0.3) is 0 Å². The van der Waals surface area contributed by atoms with E-state index in [2.05, 4.69) is 22.1 Å². The predicted octanol–water partition coefficient (Wildman–Crippen LogP) is 3.54. The third kappa shape index (κ3) is 4.06. The van der Waals surface area contributed by atoms with Crippen molar-refractivity contribution in [3.05, 3.63) is 65.5 Å². The summed E-state index contributed by atoms with van der Waals surface area (Å²) in [5.74, 6) is 1.39. The zero-order valence-corrected chi connectivity index (χ0v) is 16.7. The van der Waals surface area contributed by atoms with E-state index in [1.165, 1.54) is 11.8 Å². The van der Waals surface area contributed by atoms with Gasteiger partial charge in [-0.2, -0.15) is 10.5 Å². The minimum atomic E-state index is 0.0623. The Morgan fingerprint density at radius 1 is 1.13 bits per heavy atom. The van der Waals surface area contributed by atoms with Gasteiger partial charge in [-0.3, -0.25) is 4.98 Å². The van der Waals surface area contributed by atoms with E-state index in [0.29, 0.717) is 46.4 Å². The van der Waals surface area contributed by atoms with Gasteiger partial charge >= 0.3 is 0 Å². The molecule has 1 fully saturated rings. The number of rotatable bonds is 6. The van der Waals surface area contributed by atoms with Crippen molar-refractivity contribution in [3.8, 4) is 29.0 Å². The van der Waals surface area contributed by atoms with Crippen molar-refractivity contribution < 1.29 is 9.47 Å². The maximum absolute atomic E-state index is 9.88. The second-order valence-electron chi connectivity index (χ2n) is 6.60. The Labute approximate surface area is 178 Å². The van der Waals surface area contributed by atoms with Crippen LogP contribution in [0, 0.1) is 22.7 Å². The Morgan fingerprint density at radius 2 is 1.90 bits per heavy atom. The number of thioether (sulfide) groups is 1. The van der Waals surface area contributed by atoms with Crippen LogP contribution in [0.2, 0.25) is 0 Å². The van der Waals surface area contributed by atoms with Gasteiger partial charge < -0.3 is 15.2 Å². The molecule has 1 saturated heterocycles. The number of aromatic nitrogens is 2. The molecule has 0 unspecified atom stereocenters. The van der Waals surface area contributed by atoms with Crippen LogP contribution in [-0.2, 0) is 10.5 Å². The second-order valence-corrected chi connectivity index (χ2v) is 7.57. The molecule has 3 aromatic rings. The zero-order valence-electron chi connectivity index (χ0n) is 15.9. The third-order valence-electron chi connectivity index (χ3n) is 4.57. The van der Waals surface area contributed by atoms with Gasteiger partial charge in [0.15, 0.2) is 0 Å². The highest BCUT2D eigenvalue weighted by Gasteiger charge is 2.22. The third-order valence-corrected chi connectivity index (χ3v) is 5.61. The summed E-state index contributed by atoms with van der Waals surface area (Å²) in [5, 5.41) is 20.0. The molecule has 8 heteroatoms. The van der Waals surface area contributed by atoms with Crippen molar-refractivity contribution in [2.75, 3.05) is 18.9 Å². The largest absolute Gasteiger partial charge is 0.486 e. The molecule has 0 amide bonds. The molecule has 1 aliphatic rings. The highest BCUT2D eigenvalue weighted by molar-refractivity contribution is 7.98. The number of pyridine rings is 2. The summed E-state index contributed by atoms with van der Waals surface area (Å²) in [5.41, 5.74) is 8.79. The summed E-state index contributed by atoms with van der Waals surface area (Å²) in [6.45, 7) is 1.16. The van der Waals surface area contributed by atoms with Crippen LogP contribution in [0.15, 0.2) is 53.8 Å². The summed E-state index contributed by atoms with van der Waals surface area (Å²) in [6, 6.07) is 15.4. The number of hydrogen-bond acceptors (Lipinski definition) is 8. The van der Waals surface area contributed by atoms with Crippen LogP contribution in [0.4, 0.5) is 5.82 Å². The summed E-state index contributed by atoms with van der Waals surface area (Å²) in [6.07, 6.45) is 3.53. The van der Waals surface area contributed by atoms with Gasteiger partial charge in [-0.1, -0.05) is 18.2 Å². The lowest BCUT2D eigenvalue weighted by Gasteiger charge is -2.26. The Bertz CT molecular complexity index is 1130. The number of anilines is 1. The molecule has 3 heterocycles. The van der Waals surface area contributed by atoms with E-state index < -0.39 is 0 Å². The Morgan fingerprint density at radius 3 is 2.50 bits per heavy atom. The zero-order chi connectivity index (χ0) is 20.9. The van der Waals surface area contributed by atoms with Crippen molar-refractivity contribution >= 4 is 17.6 Å². The number of benzene rings is 1. The van der Waals surface area contributed by atoms with E-state index in [0.717, 1.165) is 5.56 Å². The smallest absolute Gasteiger partial charge is 0.145 e. The molecule has 0 saturated carbocycles. The van der Waals surface area contributed by atoms with E-state index in [4.69, 9.17) is 15.2 Å². The van der Waals surface area contributed by atoms with Gasteiger partial charge in [0.05, 0.1) is 18.8 Å². The van der Waals surface area contributed by atoms with Crippen molar-refractivity contribution in [1.82, 2.24) is 9.97 Å². The molecule has 4 rings (SSSR count). The number of ether oxygens (including phenoxy) is 2. The number of nitrogen functional groups attached to an aromatic ring is 1. The summed E-state index contributed by atoms with van der Waals surface area (Å²) in [4.78, 5) is 8.43. The molecule has 0 radical (unpaired) electrons. The van der Waals surface area contributed by atoms with Crippen molar-refractivity contribution in [1.29, 1.82) is 10.5 Å². The lowest BCUT2D eigenvalue weighted by Crippen LogP contribution is -2.38. The molecule has 1 aliphatic heterocycles. The molecule has 2 aromatic heterocycles. The molecule has 30 heavy (non-hydrogen) atoms. The van der Waals surface area contributed by atoms with E-state index >= 15 is 0 Å². The first-order valence-corrected chi connectivity index (χ1v) is 10.2. The van der Waals surface area contributed by atoms with Gasteiger partial charge in [-0.15, -0.1) is 11.8 Å². The molecular formula is C22H17N5O2S. The van der Waals surface area contributed by atoms with Crippen LogP contribution < -0.4 is 10.5 Å². The lowest BCUT2D eigenvalue weighted by molar-refractivity contribution is -0.0796. The molecule has 1 aromatic carbocycles. The molecule has 0 atom stereocenters. The topological polar surface area (TPSA) is 118 Å². The second kappa shape index (κ2) is 8.83. The van der Waals surface area contributed by atoms with Gasteiger partial charge in [0, 0.05) is 23.7 Å². The summed E-state index contributed by atoms with van der Waals surface area (Å²) >= 11 is 1.39. The average molecular weight is 415 g/mol. The first kappa shape index (κ1) is 19.7. The Hall–Kier alpha value is -3.59. The van der Waals surface area contributed by atoms with Crippen molar-refractivity contribution in [3.63, 3.8) is 0 Å². The molecular weight excluding hydrogens is 398 g/mol. The van der Waals surface area contributed by atoms with Gasteiger partial charge in [0.1, 0.15) is 40.4 Å². The van der Waals surface area contributed by atoms with Crippen LogP contribution in [0.25, 0.3) is 11.1 Å². The van der Waals surface area contributed by atoms with Crippen molar-refractivity contribution in [2.24, 2.45) is 0 Å². The fourth-order valence-corrected chi connectivity index (χ4v) is 3.93. The Kier molecular flexibility index (Phi) is 5.80.